The number of imidazole rings is 1. The topological polar surface area (TPSA) is 108 Å². The van der Waals surface area contributed by atoms with Crippen LogP contribution >= 0.6 is 11.3 Å². The molecular formula is C19H25N5O4S2. The van der Waals surface area contributed by atoms with Crippen molar-refractivity contribution in [1.82, 2.24) is 24.1 Å². The lowest BCUT2D eigenvalue weighted by molar-refractivity contribution is 0.107. The summed E-state index contributed by atoms with van der Waals surface area (Å²) in [5.74, 6) is 0. The fraction of sp³-hybridized carbons (Fsp3) is 0.526. The molecule has 1 aliphatic carbocycles. The largest absolute Gasteiger partial charge is 0.382 e. The van der Waals surface area contributed by atoms with E-state index in [1.165, 1.54) is 22.0 Å². The van der Waals surface area contributed by atoms with E-state index in [9.17, 15) is 13.2 Å². The summed E-state index contributed by atoms with van der Waals surface area (Å²) in [6, 6.07) is 4.77. The molecule has 162 valence electrons. The average molecular weight is 452 g/mol. The first-order valence-electron chi connectivity index (χ1n) is 9.76. The number of ether oxygens (including phenoxy) is 1. The third-order valence-electron chi connectivity index (χ3n) is 5.46. The van der Waals surface area contributed by atoms with Gasteiger partial charge in [-0.1, -0.05) is 11.3 Å². The normalized spacial score (nSPS) is 16.8. The number of fused-ring (bicyclic) bond motifs is 1. The Morgan fingerprint density at radius 1 is 1.30 bits per heavy atom. The Morgan fingerprint density at radius 2 is 2.03 bits per heavy atom. The Kier molecular flexibility index (Phi) is 5.33. The van der Waals surface area contributed by atoms with Gasteiger partial charge in [-0.05, 0) is 58.2 Å². The molecule has 1 saturated carbocycles. The number of hydrogen-bond acceptors (Lipinski definition) is 7. The number of rotatable bonds is 8. The Bertz CT molecular complexity index is 1250. The minimum absolute atomic E-state index is 0.0118. The van der Waals surface area contributed by atoms with Crippen LogP contribution in [0.15, 0.2) is 27.9 Å². The second-order valence-electron chi connectivity index (χ2n) is 8.02. The van der Waals surface area contributed by atoms with Gasteiger partial charge in [-0.3, -0.25) is 4.57 Å². The van der Waals surface area contributed by atoms with E-state index in [0.717, 1.165) is 17.8 Å². The van der Waals surface area contributed by atoms with Crippen molar-refractivity contribution >= 4 is 32.4 Å². The molecule has 30 heavy (non-hydrogen) atoms. The van der Waals surface area contributed by atoms with Crippen molar-refractivity contribution in [3.05, 3.63) is 33.7 Å². The molecule has 3 aromatic rings. The van der Waals surface area contributed by atoms with Gasteiger partial charge >= 0.3 is 5.69 Å². The molecule has 0 bridgehead atoms. The number of methoxy groups -OCH3 is 1. The van der Waals surface area contributed by atoms with Crippen LogP contribution in [0, 0.1) is 6.92 Å². The van der Waals surface area contributed by atoms with E-state index in [1.807, 2.05) is 20.8 Å². The van der Waals surface area contributed by atoms with Crippen molar-refractivity contribution in [1.29, 1.82) is 0 Å². The van der Waals surface area contributed by atoms with Gasteiger partial charge in [0.2, 0.25) is 15.2 Å². The van der Waals surface area contributed by atoms with Crippen LogP contribution in [0.4, 0.5) is 0 Å². The third-order valence-corrected chi connectivity index (χ3v) is 7.92. The molecule has 1 fully saturated rings. The smallest absolute Gasteiger partial charge is 0.335 e. The minimum Gasteiger partial charge on any atom is -0.382 e. The zero-order valence-corrected chi connectivity index (χ0v) is 19.0. The van der Waals surface area contributed by atoms with E-state index in [1.54, 1.807) is 23.8 Å². The quantitative estimate of drug-likeness (QED) is 0.563. The number of aromatic nitrogens is 4. The molecule has 1 N–H and O–H groups in total. The van der Waals surface area contributed by atoms with Crippen molar-refractivity contribution in [3.8, 4) is 5.13 Å². The lowest BCUT2D eigenvalue weighted by Gasteiger charge is -2.12. The summed E-state index contributed by atoms with van der Waals surface area (Å²) in [5, 5.41) is 9.26. The lowest BCUT2D eigenvalue weighted by Crippen LogP contribution is -2.34. The summed E-state index contributed by atoms with van der Waals surface area (Å²) in [6.45, 7) is 6.07. The van der Waals surface area contributed by atoms with Crippen molar-refractivity contribution < 1.29 is 13.2 Å². The van der Waals surface area contributed by atoms with Crippen molar-refractivity contribution in [3.63, 3.8) is 0 Å². The Labute approximate surface area is 178 Å². The fourth-order valence-corrected chi connectivity index (χ4v) is 5.46. The molecule has 1 atom stereocenters. The summed E-state index contributed by atoms with van der Waals surface area (Å²) >= 11 is 1.28. The predicted octanol–water partition coefficient (Wildman–Crippen LogP) is 2.21. The molecule has 1 aliphatic rings. The van der Waals surface area contributed by atoms with Gasteiger partial charge in [0, 0.05) is 19.2 Å². The van der Waals surface area contributed by atoms with Crippen LogP contribution in [-0.2, 0) is 21.3 Å². The maximum Gasteiger partial charge on any atom is 0.335 e. The highest BCUT2D eigenvalue weighted by Gasteiger charge is 2.41. The number of benzene rings is 1. The predicted molar refractivity (Wildman–Crippen MR) is 115 cm³/mol. The summed E-state index contributed by atoms with van der Waals surface area (Å²) in [6.07, 6.45) is 2.27. The average Bonchev–Trinajstić information content (AvgIpc) is 3.13. The van der Waals surface area contributed by atoms with Crippen LogP contribution in [0.5, 0.6) is 0 Å². The lowest BCUT2D eigenvalue weighted by atomic mass is 10.2. The molecule has 0 spiro atoms. The standard InChI is InChI=1S/C19H25N5O4S2/c1-12(28-4)7-10-23-15-6-5-14(30(26,27)22-19(3)8-9-19)11-16(15)24(18(23)25)17-21-20-13(2)29-17/h5-6,11-12,22H,7-10H2,1-4H3. The maximum atomic E-state index is 13.3. The maximum absolute atomic E-state index is 13.3. The van der Waals surface area contributed by atoms with Gasteiger partial charge in [0.15, 0.2) is 0 Å². The number of hydrogen-bond donors (Lipinski definition) is 1. The first-order chi connectivity index (χ1) is 14.1. The first-order valence-corrected chi connectivity index (χ1v) is 12.1. The third kappa shape index (κ3) is 3.94. The van der Waals surface area contributed by atoms with Crippen LogP contribution in [0.2, 0.25) is 0 Å². The molecule has 1 unspecified atom stereocenters. The molecular weight excluding hydrogens is 426 g/mol. The van der Waals surface area contributed by atoms with Crippen LogP contribution < -0.4 is 10.4 Å². The Hall–Kier alpha value is -2.08. The zero-order valence-electron chi connectivity index (χ0n) is 17.4. The van der Waals surface area contributed by atoms with Gasteiger partial charge in [0.05, 0.1) is 22.0 Å². The highest BCUT2D eigenvalue weighted by Crippen LogP contribution is 2.36. The number of sulfonamides is 1. The Morgan fingerprint density at radius 3 is 2.63 bits per heavy atom. The van der Waals surface area contributed by atoms with Gasteiger partial charge in [-0.15, -0.1) is 10.2 Å². The van der Waals surface area contributed by atoms with Crippen molar-refractivity contribution in [2.75, 3.05) is 7.11 Å². The number of nitrogens with zero attached hydrogens (tertiary/aromatic N) is 4. The van der Waals surface area contributed by atoms with Crippen molar-refractivity contribution in [2.45, 2.75) is 63.1 Å². The summed E-state index contributed by atoms with van der Waals surface area (Å²) in [4.78, 5) is 13.4. The SMILES string of the molecule is COC(C)CCn1c(=O)n(-c2nnc(C)s2)c2cc(S(=O)(=O)NC3(C)CC3)ccc21. The van der Waals surface area contributed by atoms with Crippen LogP contribution in [0.25, 0.3) is 16.2 Å². The Balaban J connectivity index is 1.86. The molecule has 9 nitrogen and oxygen atoms in total. The monoisotopic (exact) mass is 451 g/mol. The highest BCUT2D eigenvalue weighted by molar-refractivity contribution is 7.89. The molecule has 1 aromatic carbocycles. The highest BCUT2D eigenvalue weighted by atomic mass is 32.2. The molecule has 0 amide bonds. The molecule has 11 heteroatoms. The van der Waals surface area contributed by atoms with Gasteiger partial charge in [-0.2, -0.15) is 0 Å². The van der Waals surface area contributed by atoms with E-state index in [-0.39, 0.29) is 22.2 Å². The van der Waals surface area contributed by atoms with E-state index < -0.39 is 10.0 Å². The molecule has 0 radical (unpaired) electrons. The van der Waals surface area contributed by atoms with Gasteiger partial charge in [0.25, 0.3) is 0 Å². The second kappa shape index (κ2) is 7.56. The molecule has 0 saturated heterocycles. The van der Waals surface area contributed by atoms with Crippen LogP contribution in [-0.4, -0.2) is 46.5 Å². The number of nitrogens with one attached hydrogen (secondary N) is 1. The van der Waals surface area contributed by atoms with E-state index in [2.05, 4.69) is 14.9 Å². The number of aryl methyl sites for hydroxylation is 2. The van der Waals surface area contributed by atoms with Crippen molar-refractivity contribution in [2.24, 2.45) is 0 Å². The molecule has 4 rings (SSSR count). The fourth-order valence-electron chi connectivity index (χ4n) is 3.28. The van der Waals surface area contributed by atoms with E-state index in [4.69, 9.17) is 4.74 Å². The first kappa shape index (κ1) is 21.2. The molecule has 0 aliphatic heterocycles. The van der Waals surface area contributed by atoms with E-state index >= 15 is 0 Å². The van der Waals surface area contributed by atoms with Gasteiger partial charge in [0.1, 0.15) is 5.01 Å². The van der Waals surface area contributed by atoms with Gasteiger partial charge < -0.3 is 4.74 Å². The van der Waals surface area contributed by atoms with Gasteiger partial charge in [-0.25, -0.2) is 22.5 Å². The van der Waals surface area contributed by atoms with Crippen LogP contribution in [0.3, 0.4) is 0 Å². The summed E-state index contributed by atoms with van der Waals surface area (Å²) in [5.41, 5.74) is 0.477. The summed E-state index contributed by atoms with van der Waals surface area (Å²) in [7, 11) is -2.07. The minimum atomic E-state index is -3.70. The molecule has 2 aromatic heterocycles. The zero-order chi connectivity index (χ0) is 21.7. The van der Waals surface area contributed by atoms with E-state index in [0.29, 0.717) is 29.1 Å². The summed E-state index contributed by atoms with van der Waals surface area (Å²) < 4.78 is 36.9. The molecule has 2 heterocycles. The second-order valence-corrected chi connectivity index (χ2v) is 10.9. The van der Waals surface area contributed by atoms with Crippen LogP contribution in [0.1, 0.15) is 38.1 Å².